The van der Waals surface area contributed by atoms with Crippen LogP contribution in [0, 0.1) is 18.8 Å². The van der Waals surface area contributed by atoms with E-state index in [1.807, 2.05) is 25.1 Å². The smallest absolute Gasteiger partial charge is 0.135 e. The summed E-state index contributed by atoms with van der Waals surface area (Å²) in [6, 6.07) is 11.0. The van der Waals surface area contributed by atoms with Gasteiger partial charge < -0.3 is 9.84 Å². The Hall–Kier alpha value is -1.66. The molecule has 2 aromatic carbocycles. The number of aliphatic hydroxyl groups excluding tert-OH is 1. The van der Waals surface area contributed by atoms with Crippen molar-refractivity contribution in [3.63, 3.8) is 0 Å². The second-order valence-electron chi connectivity index (χ2n) is 4.48. The molecule has 0 aliphatic heterocycles. The monoisotopic (exact) mass is 320 g/mol. The Morgan fingerprint density at radius 1 is 1.14 bits per heavy atom. The molecule has 0 spiro atoms. The van der Waals surface area contributed by atoms with Crippen molar-refractivity contribution in [3.05, 3.63) is 63.1 Å². The zero-order valence-electron chi connectivity index (χ0n) is 11.5. The minimum Gasteiger partial charge on any atom is -0.488 e. The van der Waals surface area contributed by atoms with Crippen LogP contribution in [0.15, 0.2) is 36.4 Å². The van der Waals surface area contributed by atoms with Crippen LogP contribution in [-0.2, 0) is 6.61 Å². The van der Waals surface area contributed by atoms with Crippen molar-refractivity contribution in [2.75, 3.05) is 6.61 Å². The van der Waals surface area contributed by atoms with Gasteiger partial charge in [-0.05, 0) is 42.8 Å². The number of aryl methyl sites for hydroxylation is 1. The van der Waals surface area contributed by atoms with E-state index in [1.165, 1.54) is 0 Å². The number of benzene rings is 2. The first-order valence-corrected chi connectivity index (χ1v) is 7.13. The zero-order chi connectivity index (χ0) is 15.2. The van der Waals surface area contributed by atoms with E-state index >= 15 is 0 Å². The summed E-state index contributed by atoms with van der Waals surface area (Å²) >= 11 is 12.1. The molecule has 2 nitrogen and oxygen atoms in total. The molecule has 0 aliphatic carbocycles. The van der Waals surface area contributed by atoms with Crippen LogP contribution in [0.5, 0.6) is 5.75 Å². The molecule has 0 aromatic heterocycles. The molecule has 0 radical (unpaired) electrons. The van der Waals surface area contributed by atoms with Gasteiger partial charge in [-0.15, -0.1) is 0 Å². The summed E-state index contributed by atoms with van der Waals surface area (Å²) in [5, 5.41) is 10.0. The lowest BCUT2D eigenvalue weighted by Crippen LogP contribution is -1.98. The number of aliphatic hydroxyl groups is 1. The quantitative estimate of drug-likeness (QED) is 0.858. The molecular weight excluding hydrogens is 307 g/mol. The molecule has 4 heteroatoms. The molecule has 0 aliphatic rings. The Bertz CT molecular complexity index is 700. The SMILES string of the molecule is Cc1ccc(OCc2cc(Cl)ccc2Cl)c(C#CCO)c1. The summed E-state index contributed by atoms with van der Waals surface area (Å²) in [4.78, 5) is 0. The highest BCUT2D eigenvalue weighted by atomic mass is 35.5. The van der Waals surface area contributed by atoms with E-state index in [0.29, 0.717) is 22.4 Å². The summed E-state index contributed by atoms with van der Waals surface area (Å²) in [6.45, 7) is 2.09. The molecule has 1 N–H and O–H groups in total. The van der Waals surface area contributed by atoms with Gasteiger partial charge in [0.1, 0.15) is 19.0 Å². The Balaban J connectivity index is 2.21. The second kappa shape index (κ2) is 7.38. The minimum absolute atomic E-state index is 0.187. The summed E-state index contributed by atoms with van der Waals surface area (Å²) < 4.78 is 5.78. The minimum atomic E-state index is -0.187. The molecule has 21 heavy (non-hydrogen) atoms. The van der Waals surface area contributed by atoms with E-state index < -0.39 is 0 Å². The Kier molecular flexibility index (Phi) is 5.52. The van der Waals surface area contributed by atoms with Gasteiger partial charge in [-0.2, -0.15) is 0 Å². The highest BCUT2D eigenvalue weighted by Crippen LogP contribution is 2.24. The molecule has 108 valence electrons. The first-order chi connectivity index (χ1) is 10.1. The number of rotatable bonds is 3. The van der Waals surface area contributed by atoms with E-state index in [4.69, 9.17) is 33.0 Å². The van der Waals surface area contributed by atoms with Gasteiger partial charge in [0.05, 0.1) is 5.56 Å². The Morgan fingerprint density at radius 3 is 2.71 bits per heavy atom. The number of ether oxygens (including phenoxy) is 1. The lowest BCUT2D eigenvalue weighted by molar-refractivity contribution is 0.305. The predicted octanol–water partition coefficient (Wildman–Crippen LogP) is 4.22. The van der Waals surface area contributed by atoms with E-state index in [-0.39, 0.29) is 6.61 Å². The molecule has 0 amide bonds. The van der Waals surface area contributed by atoms with Crippen LogP contribution in [0.4, 0.5) is 0 Å². The average molecular weight is 321 g/mol. The third kappa shape index (κ3) is 4.41. The van der Waals surface area contributed by atoms with Gasteiger partial charge in [0, 0.05) is 15.6 Å². The number of hydrogen-bond acceptors (Lipinski definition) is 2. The molecule has 0 unspecified atom stereocenters. The van der Waals surface area contributed by atoms with E-state index in [1.54, 1.807) is 18.2 Å². The van der Waals surface area contributed by atoms with Gasteiger partial charge in [-0.3, -0.25) is 0 Å². The van der Waals surface area contributed by atoms with Gasteiger partial charge in [-0.25, -0.2) is 0 Å². The number of hydrogen-bond donors (Lipinski definition) is 1. The fourth-order valence-corrected chi connectivity index (χ4v) is 2.18. The molecule has 2 rings (SSSR count). The maximum atomic E-state index is 8.82. The summed E-state index contributed by atoms with van der Waals surface area (Å²) in [5.41, 5.74) is 2.62. The van der Waals surface area contributed by atoms with Gasteiger partial charge in [0.2, 0.25) is 0 Å². The Morgan fingerprint density at radius 2 is 1.95 bits per heavy atom. The zero-order valence-corrected chi connectivity index (χ0v) is 13.0. The van der Waals surface area contributed by atoms with Crippen molar-refractivity contribution < 1.29 is 9.84 Å². The van der Waals surface area contributed by atoms with Gasteiger partial charge in [0.25, 0.3) is 0 Å². The summed E-state index contributed by atoms with van der Waals surface area (Å²) in [6.07, 6.45) is 0. The van der Waals surface area contributed by atoms with Crippen LogP contribution in [0.25, 0.3) is 0 Å². The maximum Gasteiger partial charge on any atom is 0.135 e. The highest BCUT2D eigenvalue weighted by Gasteiger charge is 2.06. The topological polar surface area (TPSA) is 29.5 Å². The van der Waals surface area contributed by atoms with Crippen molar-refractivity contribution in [1.29, 1.82) is 0 Å². The van der Waals surface area contributed by atoms with Crippen molar-refractivity contribution in [3.8, 4) is 17.6 Å². The van der Waals surface area contributed by atoms with Crippen LogP contribution < -0.4 is 4.74 Å². The molecule has 2 aromatic rings. The van der Waals surface area contributed by atoms with Crippen LogP contribution in [-0.4, -0.2) is 11.7 Å². The van der Waals surface area contributed by atoms with Crippen molar-refractivity contribution in [1.82, 2.24) is 0 Å². The predicted molar refractivity (Wildman–Crippen MR) is 85.9 cm³/mol. The fraction of sp³-hybridized carbons (Fsp3) is 0.176. The van der Waals surface area contributed by atoms with Crippen molar-refractivity contribution >= 4 is 23.2 Å². The molecule has 0 bridgehead atoms. The number of halogens is 2. The van der Waals surface area contributed by atoms with Gasteiger partial charge in [0.15, 0.2) is 0 Å². The summed E-state index contributed by atoms with van der Waals surface area (Å²) in [7, 11) is 0. The normalized spacial score (nSPS) is 9.90. The average Bonchev–Trinajstić information content (AvgIpc) is 2.47. The lowest BCUT2D eigenvalue weighted by atomic mass is 10.1. The standard InChI is InChI=1S/C17H14Cl2O2/c1-12-4-7-17(13(9-12)3-2-8-20)21-11-14-10-15(18)5-6-16(14)19/h4-7,9-10,20H,8,11H2,1H3. The molecule has 0 fully saturated rings. The van der Waals surface area contributed by atoms with E-state index in [9.17, 15) is 0 Å². The van der Waals surface area contributed by atoms with Crippen molar-refractivity contribution in [2.24, 2.45) is 0 Å². The maximum absolute atomic E-state index is 8.82. The van der Waals surface area contributed by atoms with Gasteiger partial charge >= 0.3 is 0 Å². The molecular formula is C17H14Cl2O2. The highest BCUT2D eigenvalue weighted by molar-refractivity contribution is 6.33. The van der Waals surface area contributed by atoms with Crippen LogP contribution >= 0.6 is 23.2 Å². The first kappa shape index (κ1) is 15.7. The first-order valence-electron chi connectivity index (χ1n) is 6.37. The fourth-order valence-electron chi connectivity index (χ4n) is 1.81. The Labute approximate surface area is 134 Å². The van der Waals surface area contributed by atoms with Crippen LogP contribution in [0.3, 0.4) is 0 Å². The van der Waals surface area contributed by atoms with Gasteiger partial charge in [-0.1, -0.05) is 41.1 Å². The molecule has 0 atom stereocenters. The third-order valence-electron chi connectivity index (χ3n) is 2.83. The van der Waals surface area contributed by atoms with Crippen LogP contribution in [0.1, 0.15) is 16.7 Å². The molecule has 0 heterocycles. The summed E-state index contributed by atoms with van der Waals surface area (Å²) in [5.74, 6) is 6.16. The van der Waals surface area contributed by atoms with E-state index in [0.717, 1.165) is 16.7 Å². The lowest BCUT2D eigenvalue weighted by Gasteiger charge is -2.10. The largest absolute Gasteiger partial charge is 0.488 e. The van der Waals surface area contributed by atoms with Crippen molar-refractivity contribution in [2.45, 2.75) is 13.5 Å². The molecule has 0 saturated carbocycles. The second-order valence-corrected chi connectivity index (χ2v) is 5.33. The molecule has 0 saturated heterocycles. The van der Waals surface area contributed by atoms with E-state index in [2.05, 4.69) is 11.8 Å². The van der Waals surface area contributed by atoms with Crippen LogP contribution in [0.2, 0.25) is 10.0 Å². The third-order valence-corrected chi connectivity index (χ3v) is 3.43.